The molecule has 0 saturated carbocycles. The van der Waals surface area contributed by atoms with Gasteiger partial charge in [0.05, 0.1) is 12.0 Å². The van der Waals surface area contributed by atoms with E-state index in [0.29, 0.717) is 0 Å². The minimum atomic E-state index is 0.0611. The minimum absolute atomic E-state index is 0.0611. The number of aromatic nitrogens is 2. The zero-order chi connectivity index (χ0) is 9.10. The number of nitriles is 1. The van der Waals surface area contributed by atoms with Crippen molar-refractivity contribution in [2.24, 2.45) is 5.92 Å². The summed E-state index contributed by atoms with van der Waals surface area (Å²) in [6.07, 6.45) is 5.08. The molecule has 13 heavy (non-hydrogen) atoms. The van der Waals surface area contributed by atoms with E-state index in [0.717, 1.165) is 18.7 Å². The molecule has 2 heterocycles. The van der Waals surface area contributed by atoms with Gasteiger partial charge in [-0.15, -0.1) is 0 Å². The molecule has 0 amide bonds. The molecule has 0 aliphatic carbocycles. The number of nitrogens with one attached hydrogen (secondary N) is 1. The highest BCUT2D eigenvalue weighted by molar-refractivity contribution is 5.18. The summed E-state index contributed by atoms with van der Waals surface area (Å²) < 4.78 is 0. The Hall–Kier alpha value is -1.47. The molecule has 1 aliphatic heterocycles. The number of nitrogens with zero attached hydrogens (tertiary/aromatic N) is 3. The lowest BCUT2D eigenvalue weighted by Gasteiger charge is -2.10. The second kappa shape index (κ2) is 3.50. The Labute approximate surface area is 76.6 Å². The van der Waals surface area contributed by atoms with Crippen molar-refractivity contribution in [2.75, 3.05) is 13.1 Å². The molecule has 0 aromatic carbocycles. The molecule has 1 aromatic rings. The van der Waals surface area contributed by atoms with Gasteiger partial charge in [0.2, 0.25) is 0 Å². The lowest BCUT2D eigenvalue weighted by Crippen LogP contribution is -2.09. The maximum Gasteiger partial charge on any atom is 0.115 e. The van der Waals surface area contributed by atoms with Gasteiger partial charge in [0.15, 0.2) is 0 Å². The molecule has 1 aliphatic rings. The zero-order valence-electron chi connectivity index (χ0n) is 7.14. The molecular formula is C9H10N4. The lowest BCUT2D eigenvalue weighted by molar-refractivity contribution is 0.641. The third-order valence-electron chi connectivity index (χ3n) is 2.39. The van der Waals surface area contributed by atoms with E-state index in [1.165, 1.54) is 6.33 Å². The predicted molar refractivity (Wildman–Crippen MR) is 46.7 cm³/mol. The minimum Gasteiger partial charge on any atom is -0.315 e. The first-order chi connectivity index (χ1) is 6.42. The van der Waals surface area contributed by atoms with Crippen LogP contribution in [0.15, 0.2) is 18.7 Å². The molecule has 66 valence electrons. The van der Waals surface area contributed by atoms with E-state index in [2.05, 4.69) is 21.4 Å². The fourth-order valence-corrected chi connectivity index (χ4v) is 1.67. The third kappa shape index (κ3) is 1.51. The van der Waals surface area contributed by atoms with Crippen molar-refractivity contribution in [3.63, 3.8) is 0 Å². The monoisotopic (exact) mass is 174 g/mol. The normalized spacial score (nSPS) is 27.0. The lowest BCUT2D eigenvalue weighted by atomic mass is 9.92. The Morgan fingerprint density at radius 3 is 2.85 bits per heavy atom. The van der Waals surface area contributed by atoms with E-state index in [-0.39, 0.29) is 11.8 Å². The van der Waals surface area contributed by atoms with Crippen molar-refractivity contribution in [1.29, 1.82) is 5.26 Å². The van der Waals surface area contributed by atoms with E-state index < -0.39 is 0 Å². The van der Waals surface area contributed by atoms with Crippen molar-refractivity contribution < 1.29 is 0 Å². The summed E-state index contributed by atoms with van der Waals surface area (Å²) >= 11 is 0. The highest BCUT2D eigenvalue weighted by atomic mass is 14.9. The molecule has 0 bridgehead atoms. The van der Waals surface area contributed by atoms with Crippen LogP contribution in [0.5, 0.6) is 0 Å². The van der Waals surface area contributed by atoms with Crippen LogP contribution in [0.4, 0.5) is 0 Å². The third-order valence-corrected chi connectivity index (χ3v) is 2.39. The van der Waals surface area contributed by atoms with Gasteiger partial charge in [-0.2, -0.15) is 5.26 Å². The molecule has 1 aromatic heterocycles. The molecule has 4 heteroatoms. The standard InChI is InChI=1S/C9H10N4/c10-1-7-2-11-5-9(7)8-3-12-6-13-4-8/h3-4,6-7,9,11H,2,5H2/t7-,9-/m1/s1. The summed E-state index contributed by atoms with van der Waals surface area (Å²) in [5.74, 6) is 0.317. The van der Waals surface area contributed by atoms with Crippen LogP contribution < -0.4 is 5.32 Å². The summed E-state index contributed by atoms with van der Waals surface area (Å²) in [7, 11) is 0. The highest BCUT2D eigenvalue weighted by Crippen LogP contribution is 2.25. The van der Waals surface area contributed by atoms with Gasteiger partial charge in [-0.05, 0) is 5.56 Å². The van der Waals surface area contributed by atoms with Gasteiger partial charge >= 0.3 is 0 Å². The Balaban J connectivity index is 2.22. The SMILES string of the molecule is N#C[C@@H]1CNC[C@H]1c1cncnc1. The van der Waals surface area contributed by atoms with Crippen molar-refractivity contribution in [3.05, 3.63) is 24.3 Å². The van der Waals surface area contributed by atoms with Crippen LogP contribution in [0.25, 0.3) is 0 Å². The molecule has 0 spiro atoms. The quantitative estimate of drug-likeness (QED) is 0.665. The smallest absolute Gasteiger partial charge is 0.115 e. The maximum atomic E-state index is 8.87. The number of hydrogen-bond acceptors (Lipinski definition) is 4. The van der Waals surface area contributed by atoms with Crippen LogP contribution in [0.3, 0.4) is 0 Å². The first-order valence-electron chi connectivity index (χ1n) is 4.27. The summed E-state index contributed by atoms with van der Waals surface area (Å²) in [5.41, 5.74) is 1.05. The van der Waals surface area contributed by atoms with Gasteiger partial charge < -0.3 is 5.32 Å². The van der Waals surface area contributed by atoms with Crippen LogP contribution in [-0.4, -0.2) is 23.1 Å². The summed E-state index contributed by atoms with van der Waals surface area (Å²) in [6.45, 7) is 1.63. The van der Waals surface area contributed by atoms with Crippen LogP contribution in [-0.2, 0) is 0 Å². The van der Waals surface area contributed by atoms with E-state index in [4.69, 9.17) is 5.26 Å². The number of rotatable bonds is 1. The van der Waals surface area contributed by atoms with Gasteiger partial charge in [0.25, 0.3) is 0 Å². The van der Waals surface area contributed by atoms with Gasteiger partial charge in [-0.3, -0.25) is 0 Å². The zero-order valence-corrected chi connectivity index (χ0v) is 7.14. The van der Waals surface area contributed by atoms with Crippen LogP contribution in [0, 0.1) is 17.2 Å². The maximum absolute atomic E-state index is 8.87. The van der Waals surface area contributed by atoms with Gasteiger partial charge in [-0.1, -0.05) is 0 Å². The largest absolute Gasteiger partial charge is 0.315 e. The average molecular weight is 174 g/mol. The van der Waals surface area contributed by atoms with Crippen molar-refractivity contribution in [1.82, 2.24) is 15.3 Å². The van der Waals surface area contributed by atoms with Crippen molar-refractivity contribution >= 4 is 0 Å². The molecule has 1 N–H and O–H groups in total. The highest BCUT2D eigenvalue weighted by Gasteiger charge is 2.28. The van der Waals surface area contributed by atoms with Crippen LogP contribution >= 0.6 is 0 Å². The second-order valence-corrected chi connectivity index (χ2v) is 3.17. The molecule has 0 unspecified atom stereocenters. The molecule has 2 atom stereocenters. The van der Waals surface area contributed by atoms with Crippen LogP contribution in [0.1, 0.15) is 11.5 Å². The first kappa shape index (κ1) is 8.14. The predicted octanol–water partition coefficient (Wildman–Crippen LogP) is 0.303. The van der Waals surface area contributed by atoms with E-state index >= 15 is 0 Å². The average Bonchev–Trinajstić information content (AvgIpc) is 2.67. The molecule has 2 rings (SSSR count). The summed E-state index contributed by atoms with van der Waals surface area (Å²) in [6, 6.07) is 2.29. The molecular weight excluding hydrogens is 164 g/mol. The molecule has 1 fully saturated rings. The van der Waals surface area contributed by atoms with Crippen molar-refractivity contribution in [2.45, 2.75) is 5.92 Å². The fourth-order valence-electron chi connectivity index (χ4n) is 1.67. The van der Waals surface area contributed by atoms with E-state index in [1.54, 1.807) is 12.4 Å². The topological polar surface area (TPSA) is 61.6 Å². The Bertz CT molecular complexity index is 316. The van der Waals surface area contributed by atoms with Gasteiger partial charge in [0.1, 0.15) is 6.33 Å². The second-order valence-electron chi connectivity index (χ2n) is 3.17. The van der Waals surface area contributed by atoms with Gasteiger partial charge in [0, 0.05) is 31.4 Å². The van der Waals surface area contributed by atoms with E-state index in [1.807, 2.05) is 0 Å². The van der Waals surface area contributed by atoms with Crippen LogP contribution in [0.2, 0.25) is 0 Å². The Kier molecular flexibility index (Phi) is 2.19. The molecule has 0 radical (unpaired) electrons. The Morgan fingerprint density at radius 2 is 2.15 bits per heavy atom. The molecule has 4 nitrogen and oxygen atoms in total. The number of hydrogen-bond donors (Lipinski definition) is 1. The first-order valence-corrected chi connectivity index (χ1v) is 4.27. The summed E-state index contributed by atoms with van der Waals surface area (Å²) in [4.78, 5) is 7.90. The summed E-state index contributed by atoms with van der Waals surface area (Å²) in [5, 5.41) is 12.1. The fraction of sp³-hybridized carbons (Fsp3) is 0.444. The molecule has 1 saturated heterocycles. The van der Waals surface area contributed by atoms with E-state index in [9.17, 15) is 0 Å². The van der Waals surface area contributed by atoms with Crippen molar-refractivity contribution in [3.8, 4) is 6.07 Å². The van der Waals surface area contributed by atoms with Gasteiger partial charge in [-0.25, -0.2) is 9.97 Å². The Morgan fingerprint density at radius 1 is 1.38 bits per heavy atom.